The van der Waals surface area contributed by atoms with Crippen molar-refractivity contribution in [3.05, 3.63) is 175 Å². The van der Waals surface area contributed by atoms with Gasteiger partial charge in [-0.05, 0) is 96.5 Å². The van der Waals surface area contributed by atoms with Crippen molar-refractivity contribution in [1.82, 2.24) is 0 Å². The largest absolute Gasteiger partial charge is 0.493 e. The summed E-state index contributed by atoms with van der Waals surface area (Å²) in [4.78, 5) is 0. The molecule has 62 heavy (non-hydrogen) atoms. The van der Waals surface area contributed by atoms with Gasteiger partial charge in [-0.25, -0.2) is 0 Å². The van der Waals surface area contributed by atoms with Gasteiger partial charge in [-0.3, -0.25) is 0 Å². The Morgan fingerprint density at radius 3 is 1.32 bits per heavy atom. The van der Waals surface area contributed by atoms with E-state index < -0.39 is 0 Å². The van der Waals surface area contributed by atoms with Crippen LogP contribution in [0.1, 0.15) is 98.6 Å². The Bertz CT molecular complexity index is 2740. The third-order valence-corrected chi connectivity index (χ3v) is 15.3. The lowest BCUT2D eigenvalue weighted by molar-refractivity contribution is 0.296. The zero-order valence-corrected chi connectivity index (χ0v) is 39.0. The topological polar surface area (TPSA) is 18.5 Å². The van der Waals surface area contributed by atoms with Crippen LogP contribution in [-0.4, -0.2) is 13.2 Å². The first-order chi connectivity index (χ1) is 30.7. The number of hydrogen-bond acceptors (Lipinski definition) is 6. The van der Waals surface area contributed by atoms with Gasteiger partial charge in [0.15, 0.2) is 0 Å². The molecule has 2 heterocycles. The summed E-state index contributed by atoms with van der Waals surface area (Å²) in [5, 5.41) is 16.7. The molecule has 0 N–H and O–H groups in total. The van der Waals surface area contributed by atoms with E-state index in [0.717, 1.165) is 52.2 Å². The van der Waals surface area contributed by atoms with Crippen LogP contribution in [-0.2, 0) is 0 Å². The fraction of sp³-hybridized carbons (Fsp3) is 0.214. The normalized spacial score (nSPS) is 14.0. The Balaban J connectivity index is 1.07. The molecule has 8 rings (SSSR count). The Morgan fingerprint density at radius 1 is 0.387 bits per heavy atom. The molecule has 0 amide bonds. The molecule has 314 valence electrons. The molecule has 2 nitrogen and oxygen atoms in total. The van der Waals surface area contributed by atoms with Crippen molar-refractivity contribution in [2.24, 2.45) is 0 Å². The molecule has 0 aromatic heterocycles. The number of unbranched alkanes of at least 4 members (excludes halogenated alkanes) is 6. The number of fused-ring (bicyclic) bond motifs is 2. The zero-order chi connectivity index (χ0) is 42.4. The van der Waals surface area contributed by atoms with Crippen LogP contribution in [0.3, 0.4) is 0 Å². The van der Waals surface area contributed by atoms with Gasteiger partial charge in [-0.15, -0.1) is 0 Å². The molecule has 0 unspecified atom stereocenters. The summed E-state index contributed by atoms with van der Waals surface area (Å²) in [7, 11) is 0. The summed E-state index contributed by atoms with van der Waals surface area (Å²) >= 11 is 7.31. The third-order valence-electron chi connectivity index (χ3n) is 11.0. The zero-order valence-electron chi connectivity index (χ0n) is 35.7. The summed E-state index contributed by atoms with van der Waals surface area (Å²) in [5.74, 6) is 1.78. The maximum atomic E-state index is 6.52. The number of hydrogen-bond donors (Lipinski definition) is 0. The second kappa shape index (κ2) is 22.6. The highest BCUT2D eigenvalue weighted by Gasteiger charge is 2.16. The molecule has 6 heteroatoms. The van der Waals surface area contributed by atoms with Gasteiger partial charge in [-0.2, -0.15) is 0 Å². The molecule has 0 saturated carbocycles. The highest BCUT2D eigenvalue weighted by atomic mass is 32.2. The first kappa shape index (κ1) is 43.9. The quantitative estimate of drug-likeness (QED) is 0.0483. The Morgan fingerprint density at radius 2 is 0.806 bits per heavy atom. The minimum absolute atomic E-state index is 0.695. The summed E-state index contributed by atoms with van der Waals surface area (Å²) in [5.41, 5.74) is 6.70. The van der Waals surface area contributed by atoms with Crippen molar-refractivity contribution >= 4 is 114 Å². The van der Waals surface area contributed by atoms with Gasteiger partial charge in [0.25, 0.3) is 0 Å². The molecule has 0 saturated heterocycles. The molecule has 6 aromatic rings. The molecule has 0 radical (unpaired) electrons. The predicted octanol–water partition coefficient (Wildman–Crippen LogP) is 16.5. The SMILES string of the molecule is CCCCCCOc1cc(/C=C/c2ccc(/C=C/c3ccc4c(=C5SC=CS5)c5ccccc5c(=C5SC=CS5)c4c3)cc2)c(OCCCCCC)cc1/C=C/c1ccccc1. The maximum absolute atomic E-state index is 6.52. The Kier molecular flexibility index (Phi) is 16.0. The maximum Gasteiger partial charge on any atom is 0.127 e. The molecule has 2 aliphatic heterocycles. The first-order valence-electron chi connectivity index (χ1n) is 22.0. The van der Waals surface area contributed by atoms with Crippen molar-refractivity contribution in [2.75, 3.05) is 13.2 Å². The van der Waals surface area contributed by atoms with Crippen LogP contribution in [0.5, 0.6) is 11.5 Å². The fourth-order valence-electron chi connectivity index (χ4n) is 7.76. The van der Waals surface area contributed by atoms with Gasteiger partial charge in [0.05, 0.1) is 21.7 Å². The summed E-state index contributed by atoms with van der Waals surface area (Å²) in [6, 6.07) is 39.5. The van der Waals surface area contributed by atoms with Gasteiger partial charge in [0.2, 0.25) is 0 Å². The van der Waals surface area contributed by atoms with Crippen LogP contribution in [0.2, 0.25) is 0 Å². The molecular formula is C56H54O2S4. The standard InChI is InChI=1S/C56H54O2S4/c1-3-5-7-14-32-57-51-40-46(52(58-33-15-8-6-4-2)39-45(51)29-26-41-16-10-9-11-17-41)30-27-43-22-20-42(21-23-43)24-25-44-28-31-49-50(38-44)54(56-61-36-37-62-56)48-19-13-12-18-47(48)53(49)55-59-34-35-60-55/h9-13,16-31,34-40H,3-8,14-15,32-33H2,1-2H3/b25-24+,29-26+,30-27+. The molecule has 0 aliphatic carbocycles. The lowest BCUT2D eigenvalue weighted by atomic mass is 9.97. The van der Waals surface area contributed by atoms with Gasteiger partial charge in [0, 0.05) is 21.6 Å². The van der Waals surface area contributed by atoms with Crippen LogP contribution < -0.4 is 19.9 Å². The van der Waals surface area contributed by atoms with Gasteiger partial charge in [-0.1, -0.05) is 227 Å². The van der Waals surface area contributed by atoms with Crippen LogP contribution in [0.4, 0.5) is 0 Å². The van der Waals surface area contributed by atoms with Gasteiger partial charge >= 0.3 is 0 Å². The monoisotopic (exact) mass is 886 g/mol. The van der Waals surface area contributed by atoms with Crippen molar-refractivity contribution in [3.63, 3.8) is 0 Å². The average Bonchev–Trinajstić information content (AvgIpc) is 4.06. The van der Waals surface area contributed by atoms with E-state index in [1.54, 1.807) is 0 Å². The minimum Gasteiger partial charge on any atom is -0.493 e. The van der Waals surface area contributed by atoms with Crippen LogP contribution in [0.15, 0.2) is 131 Å². The van der Waals surface area contributed by atoms with Crippen LogP contribution in [0, 0.1) is 0 Å². The van der Waals surface area contributed by atoms with Gasteiger partial charge in [0.1, 0.15) is 11.5 Å². The predicted molar refractivity (Wildman–Crippen MR) is 282 cm³/mol. The van der Waals surface area contributed by atoms with E-state index in [0.29, 0.717) is 13.2 Å². The Labute approximate surface area is 385 Å². The fourth-order valence-corrected chi connectivity index (χ4v) is 11.6. The molecule has 2 aliphatic rings. The molecule has 6 aromatic carbocycles. The summed E-state index contributed by atoms with van der Waals surface area (Å²) in [6.07, 6.45) is 22.5. The van der Waals surface area contributed by atoms with E-state index in [1.807, 2.05) is 47.0 Å². The number of thioether (sulfide) groups is 4. The van der Waals surface area contributed by atoms with E-state index >= 15 is 0 Å². The number of rotatable bonds is 18. The number of benzene rings is 6. The molecular weight excluding hydrogens is 833 g/mol. The highest BCUT2D eigenvalue weighted by molar-refractivity contribution is 8.35. The lowest BCUT2D eigenvalue weighted by Crippen LogP contribution is -2.16. The van der Waals surface area contributed by atoms with E-state index in [4.69, 9.17) is 9.47 Å². The van der Waals surface area contributed by atoms with Gasteiger partial charge < -0.3 is 9.47 Å². The molecule has 0 atom stereocenters. The average molecular weight is 887 g/mol. The first-order valence-corrected chi connectivity index (χ1v) is 25.5. The highest BCUT2D eigenvalue weighted by Crippen LogP contribution is 2.41. The smallest absolute Gasteiger partial charge is 0.127 e. The lowest BCUT2D eigenvalue weighted by Gasteiger charge is -2.15. The van der Waals surface area contributed by atoms with Crippen molar-refractivity contribution in [1.29, 1.82) is 0 Å². The summed E-state index contributed by atoms with van der Waals surface area (Å²) < 4.78 is 15.7. The van der Waals surface area contributed by atoms with E-state index in [2.05, 4.69) is 181 Å². The Hall–Kier alpha value is -4.72. The van der Waals surface area contributed by atoms with Crippen molar-refractivity contribution in [3.8, 4) is 11.5 Å². The van der Waals surface area contributed by atoms with E-state index in [1.165, 1.54) is 84.5 Å². The summed E-state index contributed by atoms with van der Waals surface area (Å²) in [6.45, 7) is 5.88. The second-order valence-electron chi connectivity index (χ2n) is 15.5. The van der Waals surface area contributed by atoms with E-state index in [9.17, 15) is 0 Å². The molecule has 0 bridgehead atoms. The van der Waals surface area contributed by atoms with Crippen molar-refractivity contribution < 1.29 is 9.47 Å². The molecule has 0 fully saturated rings. The minimum atomic E-state index is 0.695. The second-order valence-corrected chi connectivity index (χ2v) is 19.7. The number of ether oxygens (including phenoxy) is 2. The van der Waals surface area contributed by atoms with Crippen LogP contribution in [0.25, 0.3) is 66.5 Å². The molecule has 0 spiro atoms. The van der Waals surface area contributed by atoms with E-state index in [-0.39, 0.29) is 0 Å². The third kappa shape index (κ3) is 11.3. The van der Waals surface area contributed by atoms with Crippen molar-refractivity contribution in [2.45, 2.75) is 65.2 Å². The van der Waals surface area contributed by atoms with Crippen LogP contribution >= 0.6 is 47.0 Å².